The van der Waals surface area contributed by atoms with E-state index in [2.05, 4.69) is 10.5 Å². The van der Waals surface area contributed by atoms with E-state index in [9.17, 15) is 14.9 Å². The van der Waals surface area contributed by atoms with E-state index in [4.69, 9.17) is 4.74 Å². The predicted octanol–water partition coefficient (Wildman–Crippen LogP) is 3.52. The summed E-state index contributed by atoms with van der Waals surface area (Å²) in [4.78, 5) is 22.2. The van der Waals surface area contributed by atoms with Gasteiger partial charge in [-0.25, -0.2) is 5.43 Å². The molecule has 0 saturated carbocycles. The largest absolute Gasteiger partial charge is 0.496 e. The summed E-state index contributed by atoms with van der Waals surface area (Å²) < 4.78 is 5.36. The van der Waals surface area contributed by atoms with Crippen molar-refractivity contribution in [2.75, 3.05) is 7.11 Å². The lowest BCUT2D eigenvalue weighted by Crippen LogP contribution is -2.17. The molecule has 1 amide bonds. The van der Waals surface area contributed by atoms with Gasteiger partial charge in [0.15, 0.2) is 0 Å². The first-order chi connectivity index (χ1) is 12.6. The van der Waals surface area contributed by atoms with Crippen LogP contribution in [-0.4, -0.2) is 24.2 Å². The van der Waals surface area contributed by atoms with Crippen LogP contribution in [0.2, 0.25) is 0 Å². The highest BCUT2D eigenvalue weighted by Crippen LogP contribution is 2.26. The molecule has 7 heteroatoms. The number of carbonyl (C=O) groups is 1. The van der Waals surface area contributed by atoms with Gasteiger partial charge in [-0.1, -0.05) is 30.3 Å². The van der Waals surface area contributed by atoms with E-state index in [1.165, 1.54) is 30.5 Å². The van der Waals surface area contributed by atoms with Gasteiger partial charge in [0, 0.05) is 23.3 Å². The summed E-state index contributed by atoms with van der Waals surface area (Å²) in [6, 6.07) is 16.8. The number of rotatable bonds is 5. The summed E-state index contributed by atoms with van der Waals surface area (Å²) in [6.07, 6.45) is 1.52. The summed E-state index contributed by atoms with van der Waals surface area (Å²) in [6.45, 7) is 0. The molecule has 0 bridgehead atoms. The highest BCUT2D eigenvalue weighted by Gasteiger charge is 2.09. The van der Waals surface area contributed by atoms with Crippen LogP contribution in [0, 0.1) is 10.1 Å². The van der Waals surface area contributed by atoms with E-state index in [1.807, 2.05) is 36.4 Å². The van der Waals surface area contributed by atoms with Crippen molar-refractivity contribution in [1.82, 2.24) is 5.43 Å². The Labute approximate surface area is 149 Å². The SMILES string of the molecule is COc1ccc2ccccc2c1/C=N/NC(=O)c1ccc([N+](=O)[O-])cc1. The molecule has 0 aromatic heterocycles. The fourth-order valence-electron chi connectivity index (χ4n) is 2.54. The average molecular weight is 349 g/mol. The number of amides is 1. The molecule has 0 heterocycles. The fourth-order valence-corrected chi connectivity index (χ4v) is 2.54. The maximum atomic E-state index is 12.1. The van der Waals surface area contributed by atoms with Crippen LogP contribution in [0.3, 0.4) is 0 Å². The third-order valence-electron chi connectivity index (χ3n) is 3.85. The van der Waals surface area contributed by atoms with Crippen LogP contribution < -0.4 is 10.2 Å². The van der Waals surface area contributed by atoms with Gasteiger partial charge >= 0.3 is 0 Å². The van der Waals surface area contributed by atoms with E-state index < -0.39 is 10.8 Å². The molecule has 7 nitrogen and oxygen atoms in total. The third kappa shape index (κ3) is 3.51. The fraction of sp³-hybridized carbons (Fsp3) is 0.0526. The van der Waals surface area contributed by atoms with E-state index >= 15 is 0 Å². The molecular weight excluding hydrogens is 334 g/mol. The molecule has 3 rings (SSSR count). The van der Waals surface area contributed by atoms with Gasteiger partial charge in [0.05, 0.1) is 18.2 Å². The highest BCUT2D eigenvalue weighted by molar-refractivity contribution is 6.03. The van der Waals surface area contributed by atoms with Crippen molar-refractivity contribution in [3.63, 3.8) is 0 Å². The van der Waals surface area contributed by atoms with Gasteiger partial charge in [-0.3, -0.25) is 14.9 Å². The Morgan fingerprint density at radius 1 is 1.12 bits per heavy atom. The number of hydrogen-bond donors (Lipinski definition) is 1. The van der Waals surface area contributed by atoms with Crippen molar-refractivity contribution >= 4 is 28.6 Å². The molecule has 0 aliphatic carbocycles. The van der Waals surface area contributed by atoms with Crippen molar-refractivity contribution in [2.24, 2.45) is 5.10 Å². The Kier molecular flexibility index (Phi) is 4.89. The Hall–Kier alpha value is -3.74. The molecule has 0 radical (unpaired) electrons. The van der Waals surface area contributed by atoms with Gasteiger partial charge in [0.1, 0.15) is 5.75 Å². The molecule has 26 heavy (non-hydrogen) atoms. The number of fused-ring (bicyclic) bond motifs is 1. The Morgan fingerprint density at radius 2 is 1.85 bits per heavy atom. The topological polar surface area (TPSA) is 93.8 Å². The molecule has 0 saturated heterocycles. The van der Waals surface area contributed by atoms with E-state index in [1.54, 1.807) is 7.11 Å². The molecule has 130 valence electrons. The molecule has 3 aromatic carbocycles. The summed E-state index contributed by atoms with van der Waals surface area (Å²) in [5, 5.41) is 16.6. The smallest absolute Gasteiger partial charge is 0.271 e. The second kappa shape index (κ2) is 7.43. The van der Waals surface area contributed by atoms with Gasteiger partial charge in [-0.2, -0.15) is 5.10 Å². The van der Waals surface area contributed by atoms with E-state index in [0.29, 0.717) is 5.75 Å². The number of hydrazone groups is 1. The number of nitrogens with zero attached hydrogens (tertiary/aromatic N) is 2. The maximum absolute atomic E-state index is 12.1. The molecule has 0 aliphatic rings. The standard InChI is InChI=1S/C19H15N3O4/c1-26-18-11-8-13-4-2-3-5-16(13)17(18)12-20-21-19(23)14-6-9-15(10-7-14)22(24)25/h2-12H,1H3,(H,21,23)/b20-12+. The second-order valence-electron chi connectivity index (χ2n) is 5.41. The Balaban J connectivity index is 1.81. The minimum Gasteiger partial charge on any atom is -0.496 e. The van der Waals surface area contributed by atoms with Crippen molar-refractivity contribution in [3.8, 4) is 5.75 Å². The summed E-state index contributed by atoms with van der Waals surface area (Å²) in [7, 11) is 1.57. The van der Waals surface area contributed by atoms with Gasteiger partial charge in [-0.05, 0) is 29.0 Å². The number of ether oxygens (including phenoxy) is 1. The normalized spacial score (nSPS) is 10.8. The monoisotopic (exact) mass is 349 g/mol. The van der Waals surface area contributed by atoms with Gasteiger partial charge < -0.3 is 4.74 Å². The number of benzene rings is 3. The van der Waals surface area contributed by atoms with Gasteiger partial charge in [0.2, 0.25) is 0 Å². The maximum Gasteiger partial charge on any atom is 0.271 e. The number of carbonyl (C=O) groups excluding carboxylic acids is 1. The lowest BCUT2D eigenvalue weighted by molar-refractivity contribution is -0.384. The zero-order valence-electron chi connectivity index (χ0n) is 13.9. The second-order valence-corrected chi connectivity index (χ2v) is 5.41. The summed E-state index contributed by atoms with van der Waals surface area (Å²) in [5.41, 5.74) is 3.36. The highest BCUT2D eigenvalue weighted by atomic mass is 16.6. The van der Waals surface area contributed by atoms with Crippen LogP contribution in [0.1, 0.15) is 15.9 Å². The molecular formula is C19H15N3O4. The van der Waals surface area contributed by atoms with Crippen LogP contribution in [0.4, 0.5) is 5.69 Å². The first-order valence-electron chi connectivity index (χ1n) is 7.74. The number of methoxy groups -OCH3 is 1. The number of nitro groups is 1. The molecule has 0 aliphatic heterocycles. The molecule has 0 fully saturated rings. The number of nitro benzene ring substituents is 1. The lowest BCUT2D eigenvalue weighted by atomic mass is 10.0. The van der Waals surface area contributed by atoms with Crippen LogP contribution in [0.15, 0.2) is 65.8 Å². The molecule has 1 N–H and O–H groups in total. The number of non-ortho nitro benzene ring substituents is 1. The zero-order valence-corrected chi connectivity index (χ0v) is 13.9. The predicted molar refractivity (Wildman–Crippen MR) is 98.7 cm³/mol. The van der Waals surface area contributed by atoms with E-state index in [-0.39, 0.29) is 11.3 Å². The molecule has 0 unspecified atom stereocenters. The molecule has 0 atom stereocenters. The van der Waals surface area contributed by atoms with Crippen LogP contribution in [0.25, 0.3) is 10.8 Å². The molecule has 3 aromatic rings. The Bertz CT molecular complexity index is 997. The summed E-state index contributed by atoms with van der Waals surface area (Å²) in [5.74, 6) is 0.174. The third-order valence-corrected chi connectivity index (χ3v) is 3.85. The van der Waals surface area contributed by atoms with Crippen molar-refractivity contribution < 1.29 is 14.5 Å². The van der Waals surface area contributed by atoms with Crippen molar-refractivity contribution in [1.29, 1.82) is 0 Å². The molecule has 0 spiro atoms. The average Bonchev–Trinajstić information content (AvgIpc) is 2.68. The first kappa shape index (κ1) is 17.1. The Morgan fingerprint density at radius 3 is 2.54 bits per heavy atom. The van der Waals surface area contributed by atoms with Crippen LogP contribution in [0.5, 0.6) is 5.75 Å². The quantitative estimate of drug-likeness (QED) is 0.433. The van der Waals surface area contributed by atoms with Crippen LogP contribution in [-0.2, 0) is 0 Å². The summed E-state index contributed by atoms with van der Waals surface area (Å²) >= 11 is 0. The number of hydrogen-bond acceptors (Lipinski definition) is 5. The van der Waals surface area contributed by atoms with Gasteiger partial charge in [-0.15, -0.1) is 0 Å². The van der Waals surface area contributed by atoms with Crippen molar-refractivity contribution in [3.05, 3.63) is 81.9 Å². The minimum atomic E-state index is -0.521. The zero-order chi connectivity index (χ0) is 18.5. The minimum absolute atomic E-state index is 0.0782. The van der Waals surface area contributed by atoms with Crippen molar-refractivity contribution in [2.45, 2.75) is 0 Å². The number of nitrogens with one attached hydrogen (secondary N) is 1. The first-order valence-corrected chi connectivity index (χ1v) is 7.74. The van der Waals surface area contributed by atoms with Gasteiger partial charge in [0.25, 0.3) is 11.6 Å². The van der Waals surface area contributed by atoms with Crippen LogP contribution >= 0.6 is 0 Å². The lowest BCUT2D eigenvalue weighted by Gasteiger charge is -2.08. The van der Waals surface area contributed by atoms with E-state index in [0.717, 1.165) is 16.3 Å².